The maximum absolute atomic E-state index is 7.95. The number of azide groups is 1. The highest BCUT2D eigenvalue weighted by molar-refractivity contribution is 4.79. The Morgan fingerprint density at radius 1 is 1.88 bits per heavy atom. The molecule has 0 radical (unpaired) electrons. The third-order valence-corrected chi connectivity index (χ3v) is 1.24. The molecule has 0 N–H and O–H groups in total. The van der Waals surface area contributed by atoms with Crippen molar-refractivity contribution >= 4 is 0 Å². The van der Waals surface area contributed by atoms with Crippen molar-refractivity contribution in [1.29, 1.82) is 0 Å². The predicted octanol–water partition coefficient (Wildman–Crippen LogP) is 1.43. The first kappa shape index (κ1) is 5.41. The summed E-state index contributed by atoms with van der Waals surface area (Å²) in [5.74, 6) is 0. The van der Waals surface area contributed by atoms with Crippen LogP contribution in [-0.4, -0.2) is 12.3 Å². The minimum atomic E-state index is -0.519. The van der Waals surface area contributed by atoms with Crippen LogP contribution in [0.5, 0.6) is 0 Å². The fourth-order valence-corrected chi connectivity index (χ4v) is 0.571. The predicted molar refractivity (Wildman–Crippen MR) is 28.1 cm³/mol. The minimum absolute atomic E-state index is 0.519. The molecule has 1 aliphatic heterocycles. The molecule has 1 rings (SSSR count). The molecule has 1 saturated heterocycles. The summed E-state index contributed by atoms with van der Waals surface area (Å²) < 4.78 is 4.94. The highest BCUT2D eigenvalue weighted by atomic mass is 16.5. The molecule has 0 aromatic rings. The Labute approximate surface area is 47.1 Å². The summed E-state index contributed by atoms with van der Waals surface area (Å²) in [6.45, 7) is 2.49. The molecule has 1 aliphatic rings. The molecule has 0 aromatic heterocycles. The van der Waals surface area contributed by atoms with Crippen LogP contribution in [0.25, 0.3) is 10.4 Å². The van der Waals surface area contributed by atoms with Gasteiger partial charge in [-0.1, -0.05) is 5.11 Å². The first-order chi connectivity index (χ1) is 3.77. The maximum Gasteiger partial charge on any atom is 0.146 e. The summed E-state index contributed by atoms with van der Waals surface area (Å²) in [6.07, 6.45) is 0.844. The average Bonchev–Trinajstić information content (AvgIpc) is 1.64. The van der Waals surface area contributed by atoms with Crippen LogP contribution in [0.3, 0.4) is 0 Å². The van der Waals surface area contributed by atoms with E-state index in [0.29, 0.717) is 0 Å². The van der Waals surface area contributed by atoms with Crippen LogP contribution in [0.1, 0.15) is 13.3 Å². The van der Waals surface area contributed by atoms with E-state index in [1.54, 1.807) is 6.92 Å². The van der Waals surface area contributed by atoms with Crippen LogP contribution >= 0.6 is 0 Å². The van der Waals surface area contributed by atoms with E-state index < -0.39 is 5.72 Å². The molecule has 4 nitrogen and oxygen atoms in total. The SMILES string of the molecule is CC1(N=[N+]=[N-])CCO1. The topological polar surface area (TPSA) is 58.0 Å². The number of nitrogens with zero attached hydrogens (tertiary/aromatic N) is 3. The largest absolute Gasteiger partial charge is 0.369 e. The molecule has 0 amide bonds. The van der Waals surface area contributed by atoms with Crippen LogP contribution < -0.4 is 0 Å². The Bertz CT molecular complexity index is 134. The third-order valence-electron chi connectivity index (χ3n) is 1.24. The zero-order valence-electron chi connectivity index (χ0n) is 4.66. The van der Waals surface area contributed by atoms with E-state index in [0.717, 1.165) is 13.0 Å². The van der Waals surface area contributed by atoms with E-state index in [1.165, 1.54) is 0 Å². The van der Waals surface area contributed by atoms with Crippen LogP contribution in [0.4, 0.5) is 0 Å². The molecule has 0 aromatic carbocycles. The van der Waals surface area contributed by atoms with Gasteiger partial charge in [-0.25, -0.2) is 0 Å². The third kappa shape index (κ3) is 0.757. The lowest BCUT2D eigenvalue weighted by atomic mass is 10.1. The summed E-state index contributed by atoms with van der Waals surface area (Å²) in [7, 11) is 0. The Morgan fingerprint density at radius 2 is 2.50 bits per heavy atom. The van der Waals surface area contributed by atoms with Gasteiger partial charge >= 0.3 is 0 Å². The van der Waals surface area contributed by atoms with Crippen molar-refractivity contribution in [3.8, 4) is 0 Å². The van der Waals surface area contributed by atoms with Gasteiger partial charge in [-0.15, -0.1) is 0 Å². The molecule has 1 atom stereocenters. The molecule has 44 valence electrons. The Morgan fingerprint density at radius 3 is 2.62 bits per heavy atom. The van der Waals surface area contributed by atoms with Crippen LogP contribution in [-0.2, 0) is 4.74 Å². The molecule has 1 heterocycles. The van der Waals surface area contributed by atoms with Gasteiger partial charge in [0.25, 0.3) is 0 Å². The number of hydrogen-bond acceptors (Lipinski definition) is 2. The molecule has 0 aliphatic carbocycles. The van der Waals surface area contributed by atoms with Crippen molar-refractivity contribution in [3.63, 3.8) is 0 Å². The van der Waals surface area contributed by atoms with Crippen LogP contribution in [0.15, 0.2) is 5.11 Å². The van der Waals surface area contributed by atoms with Gasteiger partial charge in [-0.2, -0.15) is 0 Å². The molecule has 0 bridgehead atoms. The minimum Gasteiger partial charge on any atom is -0.369 e. The maximum atomic E-state index is 7.95. The van der Waals surface area contributed by atoms with Crippen molar-refractivity contribution in [1.82, 2.24) is 0 Å². The van der Waals surface area contributed by atoms with Crippen LogP contribution in [0.2, 0.25) is 0 Å². The lowest BCUT2D eigenvalue weighted by molar-refractivity contribution is -0.128. The second-order valence-electron chi connectivity index (χ2n) is 1.96. The van der Waals surface area contributed by atoms with E-state index in [-0.39, 0.29) is 0 Å². The molecule has 8 heavy (non-hydrogen) atoms. The summed E-state index contributed by atoms with van der Waals surface area (Å²) in [5, 5.41) is 3.42. The van der Waals surface area contributed by atoms with E-state index in [9.17, 15) is 0 Å². The average molecular weight is 113 g/mol. The van der Waals surface area contributed by atoms with E-state index in [1.807, 2.05) is 0 Å². The van der Waals surface area contributed by atoms with Crippen LogP contribution in [0, 0.1) is 0 Å². The Hall–Kier alpha value is -0.730. The highest BCUT2D eigenvalue weighted by Crippen LogP contribution is 2.26. The van der Waals surface area contributed by atoms with Crippen molar-refractivity contribution in [2.75, 3.05) is 6.61 Å². The number of ether oxygens (including phenoxy) is 1. The van der Waals surface area contributed by atoms with Gasteiger partial charge in [-0.05, 0) is 12.5 Å². The molecule has 4 heteroatoms. The van der Waals surface area contributed by atoms with E-state index in [4.69, 9.17) is 10.3 Å². The van der Waals surface area contributed by atoms with Crippen molar-refractivity contribution in [2.24, 2.45) is 5.11 Å². The summed E-state index contributed by atoms with van der Waals surface area (Å²) >= 11 is 0. The Kier molecular flexibility index (Phi) is 1.12. The van der Waals surface area contributed by atoms with E-state index >= 15 is 0 Å². The zero-order valence-corrected chi connectivity index (χ0v) is 4.66. The molecule has 0 spiro atoms. The van der Waals surface area contributed by atoms with Gasteiger partial charge in [0, 0.05) is 11.3 Å². The second kappa shape index (κ2) is 1.65. The fraction of sp³-hybridized carbons (Fsp3) is 1.00. The number of hydrogen-bond donors (Lipinski definition) is 0. The molecule has 1 unspecified atom stereocenters. The smallest absolute Gasteiger partial charge is 0.146 e. The highest BCUT2D eigenvalue weighted by Gasteiger charge is 2.31. The molecular formula is C4H7N3O. The second-order valence-corrected chi connectivity index (χ2v) is 1.96. The number of rotatable bonds is 1. The standard InChI is InChI=1S/C4H7N3O/c1-4(6-7-5)2-3-8-4/h2-3H2,1H3. The van der Waals surface area contributed by atoms with Gasteiger partial charge in [0.2, 0.25) is 0 Å². The Balaban J connectivity index is 2.53. The van der Waals surface area contributed by atoms with Crippen molar-refractivity contribution in [3.05, 3.63) is 10.4 Å². The summed E-state index contributed by atoms with van der Waals surface area (Å²) in [6, 6.07) is 0. The normalized spacial score (nSPS) is 35.1. The van der Waals surface area contributed by atoms with Crippen molar-refractivity contribution in [2.45, 2.75) is 19.1 Å². The molecule has 1 fully saturated rings. The zero-order chi connectivity index (χ0) is 6.04. The molecular weight excluding hydrogens is 106 g/mol. The van der Waals surface area contributed by atoms with Crippen molar-refractivity contribution < 1.29 is 4.74 Å². The van der Waals surface area contributed by atoms with Gasteiger partial charge < -0.3 is 4.74 Å². The lowest BCUT2D eigenvalue weighted by Gasteiger charge is -2.33. The lowest BCUT2D eigenvalue weighted by Crippen LogP contribution is -2.37. The monoisotopic (exact) mass is 113 g/mol. The first-order valence-corrected chi connectivity index (χ1v) is 2.47. The molecule has 0 saturated carbocycles. The van der Waals surface area contributed by atoms with E-state index in [2.05, 4.69) is 10.0 Å². The van der Waals surface area contributed by atoms with Gasteiger partial charge in [0.05, 0.1) is 6.61 Å². The quantitative estimate of drug-likeness (QED) is 0.288. The fourth-order valence-electron chi connectivity index (χ4n) is 0.571. The summed E-state index contributed by atoms with van der Waals surface area (Å²) in [5.41, 5.74) is 7.43. The first-order valence-electron chi connectivity index (χ1n) is 2.47. The van der Waals surface area contributed by atoms with Gasteiger partial charge in [0.15, 0.2) is 0 Å². The van der Waals surface area contributed by atoms with Gasteiger partial charge in [-0.3, -0.25) is 0 Å². The summed E-state index contributed by atoms with van der Waals surface area (Å²) in [4.78, 5) is 2.63. The van der Waals surface area contributed by atoms with Gasteiger partial charge in [0.1, 0.15) is 5.72 Å².